The number of methoxy groups -OCH3 is 1. The quantitative estimate of drug-likeness (QED) is 0.572. The maximum Gasteiger partial charge on any atom is 0.269 e. The van der Waals surface area contributed by atoms with Gasteiger partial charge in [0.15, 0.2) is 5.17 Å². The predicted octanol–water partition coefficient (Wildman–Crippen LogP) is 5.70. The first-order chi connectivity index (χ1) is 14.5. The lowest BCUT2D eigenvalue weighted by Gasteiger charge is -2.19. The van der Waals surface area contributed by atoms with Crippen molar-refractivity contribution < 1.29 is 9.53 Å². The Morgan fingerprint density at radius 3 is 2.47 bits per heavy atom. The molecule has 2 aliphatic rings. The van der Waals surface area contributed by atoms with Crippen LogP contribution in [0.5, 0.6) is 5.75 Å². The highest BCUT2D eigenvalue weighted by Gasteiger charge is 2.39. The Labute approximate surface area is 186 Å². The van der Waals surface area contributed by atoms with Gasteiger partial charge < -0.3 is 9.64 Å². The van der Waals surface area contributed by atoms with Crippen LogP contribution in [0.2, 0.25) is 0 Å². The minimum absolute atomic E-state index is 0.0206. The number of aliphatic imine (C=N–C) groups is 1. The number of likely N-dealkylation sites (N-methyl/N-ethyl adjacent to an activating group) is 1. The van der Waals surface area contributed by atoms with Crippen molar-refractivity contribution in [3.8, 4) is 5.75 Å². The molecule has 5 nitrogen and oxygen atoms in total. The third kappa shape index (κ3) is 3.61. The zero-order valence-electron chi connectivity index (χ0n) is 17.9. The monoisotopic (exact) mass is 439 g/mol. The second-order valence-corrected chi connectivity index (χ2v) is 9.16. The standard InChI is InChI=1S/C23H25N3O2S2/c1-6-25-18-13-16(28-5)10-11-19(18)29-22(25)20-21(27)26(7-2)23(30-20)24-17-12-14(3)8-9-15(17)4/h8-13H,6-7H2,1-5H3. The Morgan fingerprint density at radius 2 is 1.77 bits per heavy atom. The van der Waals surface area contributed by atoms with Gasteiger partial charge in [-0.3, -0.25) is 9.69 Å². The molecule has 4 rings (SSSR count). The fourth-order valence-electron chi connectivity index (χ4n) is 3.51. The number of anilines is 1. The van der Waals surface area contributed by atoms with Crippen molar-refractivity contribution in [2.75, 3.05) is 25.1 Å². The summed E-state index contributed by atoms with van der Waals surface area (Å²) in [5, 5.41) is 1.71. The van der Waals surface area contributed by atoms with Crippen LogP contribution >= 0.6 is 23.5 Å². The lowest BCUT2D eigenvalue weighted by molar-refractivity contribution is -0.122. The summed E-state index contributed by atoms with van der Waals surface area (Å²) in [5.41, 5.74) is 4.25. The molecule has 30 heavy (non-hydrogen) atoms. The molecular formula is C23H25N3O2S2. The molecular weight excluding hydrogens is 414 g/mol. The first-order valence-electron chi connectivity index (χ1n) is 10.00. The highest BCUT2D eigenvalue weighted by molar-refractivity contribution is 8.19. The third-order valence-corrected chi connectivity index (χ3v) is 7.56. The molecule has 2 heterocycles. The summed E-state index contributed by atoms with van der Waals surface area (Å²) in [6.07, 6.45) is 0. The van der Waals surface area contributed by atoms with Crippen LogP contribution in [0.15, 0.2) is 56.2 Å². The lowest BCUT2D eigenvalue weighted by atomic mass is 10.1. The molecule has 2 aliphatic heterocycles. The van der Waals surface area contributed by atoms with E-state index in [1.165, 1.54) is 11.8 Å². The van der Waals surface area contributed by atoms with Gasteiger partial charge in [0.25, 0.3) is 5.91 Å². The number of rotatable bonds is 4. The van der Waals surface area contributed by atoms with Crippen molar-refractivity contribution in [2.24, 2.45) is 4.99 Å². The maximum absolute atomic E-state index is 13.3. The van der Waals surface area contributed by atoms with Gasteiger partial charge in [-0.1, -0.05) is 23.9 Å². The predicted molar refractivity (Wildman–Crippen MR) is 127 cm³/mol. The Balaban J connectivity index is 1.76. The molecule has 0 saturated carbocycles. The second kappa shape index (κ2) is 8.40. The minimum atomic E-state index is 0.0206. The van der Waals surface area contributed by atoms with Crippen LogP contribution in [0.25, 0.3) is 0 Å². The van der Waals surface area contributed by atoms with Gasteiger partial charge in [0.1, 0.15) is 15.7 Å². The molecule has 1 fully saturated rings. The Kier molecular flexibility index (Phi) is 5.84. The van der Waals surface area contributed by atoms with Crippen LogP contribution in [-0.4, -0.2) is 36.2 Å². The zero-order valence-corrected chi connectivity index (χ0v) is 19.5. The van der Waals surface area contributed by atoms with Gasteiger partial charge in [0.2, 0.25) is 0 Å². The average molecular weight is 440 g/mol. The fraction of sp³-hybridized carbons (Fsp3) is 0.304. The van der Waals surface area contributed by atoms with E-state index in [1.807, 2.05) is 26.0 Å². The number of carbonyl (C=O) groups excluding carboxylic acids is 1. The average Bonchev–Trinajstić information content (AvgIpc) is 3.26. The van der Waals surface area contributed by atoms with Crippen LogP contribution in [0.3, 0.4) is 0 Å². The number of hydrogen-bond donors (Lipinski definition) is 0. The van der Waals surface area contributed by atoms with E-state index in [2.05, 4.69) is 43.0 Å². The van der Waals surface area contributed by atoms with Crippen molar-refractivity contribution in [2.45, 2.75) is 32.6 Å². The zero-order chi connectivity index (χ0) is 21.4. The molecule has 2 aromatic rings. The normalized spacial score (nSPS) is 19.8. The SMILES string of the molecule is CCN1C(=O)C(=C2Sc3ccc(OC)cc3N2CC)SC1=Nc1cc(C)ccc1C. The number of ether oxygens (including phenoxy) is 1. The van der Waals surface area contributed by atoms with Gasteiger partial charge in [-0.05, 0) is 68.8 Å². The third-order valence-electron chi connectivity index (χ3n) is 5.18. The molecule has 1 amide bonds. The summed E-state index contributed by atoms with van der Waals surface area (Å²) >= 11 is 3.11. The Bertz CT molecular complexity index is 1080. The molecule has 7 heteroatoms. The molecule has 0 N–H and O–H groups in total. The molecule has 0 aromatic heterocycles. The van der Waals surface area contributed by atoms with E-state index >= 15 is 0 Å². The number of amides is 1. The molecule has 0 unspecified atom stereocenters. The largest absolute Gasteiger partial charge is 0.497 e. The van der Waals surface area contributed by atoms with E-state index in [9.17, 15) is 4.79 Å². The highest BCUT2D eigenvalue weighted by Crippen LogP contribution is 2.51. The minimum Gasteiger partial charge on any atom is -0.497 e. The first-order valence-corrected chi connectivity index (χ1v) is 11.6. The molecule has 2 aromatic carbocycles. The van der Waals surface area contributed by atoms with E-state index in [1.54, 1.807) is 23.8 Å². The molecule has 0 atom stereocenters. The van der Waals surface area contributed by atoms with Crippen LogP contribution in [-0.2, 0) is 4.79 Å². The molecule has 0 radical (unpaired) electrons. The fourth-order valence-corrected chi connectivity index (χ4v) is 5.94. The number of thioether (sulfide) groups is 2. The van der Waals surface area contributed by atoms with Crippen molar-refractivity contribution >= 4 is 46.0 Å². The number of carbonyl (C=O) groups is 1. The van der Waals surface area contributed by atoms with E-state index < -0.39 is 0 Å². The van der Waals surface area contributed by atoms with Gasteiger partial charge in [0, 0.05) is 24.1 Å². The Morgan fingerprint density at radius 1 is 1.00 bits per heavy atom. The van der Waals surface area contributed by atoms with Crippen molar-refractivity contribution in [3.05, 3.63) is 57.5 Å². The number of aryl methyl sites for hydroxylation is 2. The van der Waals surface area contributed by atoms with Gasteiger partial charge in [-0.25, -0.2) is 4.99 Å². The molecule has 0 spiro atoms. The van der Waals surface area contributed by atoms with Crippen LogP contribution in [0, 0.1) is 13.8 Å². The number of fused-ring (bicyclic) bond motifs is 1. The van der Waals surface area contributed by atoms with Gasteiger partial charge in [-0.2, -0.15) is 0 Å². The summed E-state index contributed by atoms with van der Waals surface area (Å²) in [4.78, 5) is 24.0. The van der Waals surface area contributed by atoms with E-state index in [4.69, 9.17) is 9.73 Å². The maximum atomic E-state index is 13.3. The number of amidine groups is 1. The van der Waals surface area contributed by atoms with E-state index in [0.29, 0.717) is 6.54 Å². The molecule has 0 bridgehead atoms. The van der Waals surface area contributed by atoms with Crippen LogP contribution < -0.4 is 9.64 Å². The van der Waals surface area contributed by atoms with Crippen molar-refractivity contribution in [3.63, 3.8) is 0 Å². The highest BCUT2D eigenvalue weighted by atomic mass is 32.2. The summed E-state index contributed by atoms with van der Waals surface area (Å²) in [7, 11) is 1.67. The topological polar surface area (TPSA) is 45.1 Å². The Hall–Kier alpha value is -2.38. The van der Waals surface area contributed by atoms with Gasteiger partial charge in [-0.15, -0.1) is 0 Å². The lowest BCUT2D eigenvalue weighted by Crippen LogP contribution is -2.29. The first kappa shape index (κ1) is 20.9. The second-order valence-electron chi connectivity index (χ2n) is 7.15. The summed E-state index contributed by atoms with van der Waals surface area (Å²) in [5.74, 6) is 0.837. The summed E-state index contributed by atoms with van der Waals surface area (Å²) < 4.78 is 5.40. The summed E-state index contributed by atoms with van der Waals surface area (Å²) in [6.45, 7) is 9.55. The number of hydrogen-bond acceptors (Lipinski definition) is 6. The van der Waals surface area contributed by atoms with Crippen molar-refractivity contribution in [1.82, 2.24) is 4.90 Å². The molecule has 156 valence electrons. The summed E-state index contributed by atoms with van der Waals surface area (Å²) in [6, 6.07) is 12.3. The van der Waals surface area contributed by atoms with Crippen LogP contribution in [0.4, 0.5) is 11.4 Å². The number of nitrogens with zero attached hydrogens (tertiary/aromatic N) is 3. The van der Waals surface area contributed by atoms with Gasteiger partial charge >= 0.3 is 0 Å². The molecule has 1 saturated heterocycles. The number of benzene rings is 2. The van der Waals surface area contributed by atoms with Crippen molar-refractivity contribution in [1.29, 1.82) is 0 Å². The molecule has 0 aliphatic carbocycles. The smallest absolute Gasteiger partial charge is 0.269 e. The van der Waals surface area contributed by atoms with E-state index in [0.717, 1.165) is 54.8 Å². The van der Waals surface area contributed by atoms with E-state index in [-0.39, 0.29) is 5.91 Å². The van der Waals surface area contributed by atoms with Crippen LogP contribution in [0.1, 0.15) is 25.0 Å². The van der Waals surface area contributed by atoms with Gasteiger partial charge in [0.05, 0.1) is 18.5 Å².